The van der Waals surface area contributed by atoms with Gasteiger partial charge in [-0.3, -0.25) is 0 Å². The van der Waals surface area contributed by atoms with E-state index >= 15 is 0 Å². The Morgan fingerprint density at radius 2 is 2.19 bits per heavy atom. The fourth-order valence-corrected chi connectivity index (χ4v) is 2.27. The van der Waals surface area contributed by atoms with Crippen LogP contribution in [-0.2, 0) is 6.61 Å². The van der Waals surface area contributed by atoms with Gasteiger partial charge in [-0.1, -0.05) is 23.7 Å². The van der Waals surface area contributed by atoms with Gasteiger partial charge in [-0.05, 0) is 45.0 Å². The number of benzene rings is 1. The van der Waals surface area contributed by atoms with Crippen LogP contribution in [0.25, 0.3) is 0 Å². The fourth-order valence-electron chi connectivity index (χ4n) is 2.09. The van der Waals surface area contributed by atoms with Crippen molar-refractivity contribution in [3.05, 3.63) is 46.3 Å². The summed E-state index contributed by atoms with van der Waals surface area (Å²) in [5.74, 6) is 1.52. The monoisotopic (exact) mass is 308 g/mol. The summed E-state index contributed by atoms with van der Waals surface area (Å²) in [5, 5.41) is 8.00. The SMILES string of the molecule is CCCNC(C)c1cc(Cl)ccc1OCc1cc(C)no1. The van der Waals surface area contributed by atoms with E-state index in [4.69, 9.17) is 20.9 Å². The van der Waals surface area contributed by atoms with Gasteiger partial charge in [0.1, 0.15) is 12.4 Å². The molecule has 0 radical (unpaired) electrons. The molecule has 0 saturated heterocycles. The molecule has 0 fully saturated rings. The number of ether oxygens (including phenoxy) is 1. The minimum Gasteiger partial charge on any atom is -0.485 e. The summed E-state index contributed by atoms with van der Waals surface area (Å²) in [6.07, 6.45) is 1.08. The lowest BCUT2D eigenvalue weighted by Crippen LogP contribution is -2.20. The number of nitrogens with one attached hydrogen (secondary N) is 1. The van der Waals surface area contributed by atoms with Crippen molar-refractivity contribution in [2.24, 2.45) is 0 Å². The second-order valence-corrected chi connectivity index (χ2v) is 5.52. The van der Waals surface area contributed by atoms with E-state index in [0.29, 0.717) is 17.4 Å². The molecular weight excluding hydrogens is 288 g/mol. The Balaban J connectivity index is 2.10. The molecule has 4 nitrogen and oxygen atoms in total. The molecule has 1 unspecified atom stereocenters. The molecule has 114 valence electrons. The molecule has 1 aromatic carbocycles. The third kappa shape index (κ3) is 4.48. The van der Waals surface area contributed by atoms with Crippen molar-refractivity contribution in [1.82, 2.24) is 10.5 Å². The molecule has 0 aliphatic carbocycles. The lowest BCUT2D eigenvalue weighted by atomic mass is 10.1. The summed E-state index contributed by atoms with van der Waals surface area (Å²) in [6.45, 7) is 7.44. The Kier molecular flexibility index (Phi) is 5.65. The Bertz CT molecular complexity index is 583. The van der Waals surface area contributed by atoms with E-state index in [1.165, 1.54) is 0 Å². The number of rotatable bonds is 7. The van der Waals surface area contributed by atoms with Gasteiger partial charge in [0.2, 0.25) is 0 Å². The predicted molar refractivity (Wildman–Crippen MR) is 83.7 cm³/mol. The van der Waals surface area contributed by atoms with Gasteiger partial charge in [0.15, 0.2) is 5.76 Å². The van der Waals surface area contributed by atoms with Crippen LogP contribution in [0.4, 0.5) is 0 Å². The second kappa shape index (κ2) is 7.48. The molecule has 21 heavy (non-hydrogen) atoms. The quantitative estimate of drug-likeness (QED) is 0.829. The summed E-state index contributed by atoms with van der Waals surface area (Å²) in [5.41, 5.74) is 1.90. The van der Waals surface area contributed by atoms with Crippen molar-refractivity contribution in [3.8, 4) is 5.75 Å². The molecule has 2 aromatic rings. The van der Waals surface area contributed by atoms with Crippen molar-refractivity contribution in [3.63, 3.8) is 0 Å². The Morgan fingerprint density at radius 3 is 2.86 bits per heavy atom. The third-order valence-electron chi connectivity index (χ3n) is 3.19. The molecule has 5 heteroatoms. The zero-order valence-electron chi connectivity index (χ0n) is 12.6. The van der Waals surface area contributed by atoms with Crippen molar-refractivity contribution in [2.75, 3.05) is 6.54 Å². The van der Waals surface area contributed by atoms with E-state index < -0.39 is 0 Å². The van der Waals surface area contributed by atoms with Gasteiger partial charge >= 0.3 is 0 Å². The van der Waals surface area contributed by atoms with Crippen LogP contribution >= 0.6 is 11.6 Å². The number of nitrogens with zero attached hydrogens (tertiary/aromatic N) is 1. The van der Waals surface area contributed by atoms with E-state index in [-0.39, 0.29) is 6.04 Å². The molecule has 0 bridgehead atoms. The lowest BCUT2D eigenvalue weighted by Gasteiger charge is -2.18. The van der Waals surface area contributed by atoms with Crippen molar-refractivity contribution in [1.29, 1.82) is 0 Å². The van der Waals surface area contributed by atoms with E-state index in [9.17, 15) is 0 Å². The molecule has 2 rings (SSSR count). The minimum atomic E-state index is 0.176. The summed E-state index contributed by atoms with van der Waals surface area (Å²) >= 11 is 6.10. The highest BCUT2D eigenvalue weighted by Crippen LogP contribution is 2.29. The summed E-state index contributed by atoms with van der Waals surface area (Å²) in [4.78, 5) is 0. The van der Waals surface area contributed by atoms with Gasteiger partial charge in [-0.2, -0.15) is 0 Å². The Labute approximate surface area is 130 Å². The fraction of sp³-hybridized carbons (Fsp3) is 0.438. The van der Waals surface area contributed by atoms with E-state index in [2.05, 4.69) is 24.3 Å². The average Bonchev–Trinajstić information content (AvgIpc) is 2.89. The molecule has 0 aliphatic heterocycles. The third-order valence-corrected chi connectivity index (χ3v) is 3.42. The first-order chi connectivity index (χ1) is 10.1. The number of aromatic nitrogens is 1. The van der Waals surface area contributed by atoms with Crippen LogP contribution in [0.15, 0.2) is 28.8 Å². The van der Waals surface area contributed by atoms with Gasteiger partial charge in [0.05, 0.1) is 5.69 Å². The van der Waals surface area contributed by atoms with Crippen LogP contribution in [0, 0.1) is 6.92 Å². The van der Waals surface area contributed by atoms with Gasteiger partial charge in [-0.25, -0.2) is 0 Å². The molecule has 1 aromatic heterocycles. The van der Waals surface area contributed by atoms with Gasteiger partial charge in [-0.15, -0.1) is 0 Å². The standard InChI is InChI=1S/C16H21ClN2O2/c1-4-7-18-12(3)15-9-13(17)5-6-16(15)20-10-14-8-11(2)19-21-14/h5-6,8-9,12,18H,4,7,10H2,1-3H3. The highest BCUT2D eigenvalue weighted by atomic mass is 35.5. The molecule has 0 aliphatic rings. The van der Waals surface area contributed by atoms with Crippen LogP contribution in [0.3, 0.4) is 0 Å². The first-order valence-electron chi connectivity index (χ1n) is 7.18. The molecule has 0 saturated carbocycles. The molecule has 0 amide bonds. The highest BCUT2D eigenvalue weighted by Gasteiger charge is 2.13. The van der Waals surface area contributed by atoms with Gasteiger partial charge in [0, 0.05) is 22.7 Å². The smallest absolute Gasteiger partial charge is 0.174 e. The second-order valence-electron chi connectivity index (χ2n) is 5.08. The Hall–Kier alpha value is -1.52. The summed E-state index contributed by atoms with van der Waals surface area (Å²) in [6, 6.07) is 7.71. The number of hydrogen-bond acceptors (Lipinski definition) is 4. The van der Waals surface area contributed by atoms with Crippen molar-refractivity contribution >= 4 is 11.6 Å². The van der Waals surface area contributed by atoms with Crippen LogP contribution in [0.2, 0.25) is 5.02 Å². The maximum Gasteiger partial charge on any atom is 0.174 e. The molecule has 0 spiro atoms. The number of hydrogen-bond donors (Lipinski definition) is 1. The van der Waals surface area contributed by atoms with Crippen molar-refractivity contribution < 1.29 is 9.26 Å². The molecule has 1 heterocycles. The topological polar surface area (TPSA) is 47.3 Å². The van der Waals surface area contributed by atoms with E-state index in [1.807, 2.05) is 31.2 Å². The predicted octanol–water partition coefficient (Wildman–Crippen LogP) is 4.28. The maximum absolute atomic E-state index is 6.10. The minimum absolute atomic E-state index is 0.176. The Morgan fingerprint density at radius 1 is 1.38 bits per heavy atom. The van der Waals surface area contributed by atoms with Gasteiger partial charge in [0.25, 0.3) is 0 Å². The first kappa shape index (κ1) is 15.9. The van der Waals surface area contributed by atoms with Crippen LogP contribution in [0.5, 0.6) is 5.75 Å². The molecule has 1 N–H and O–H groups in total. The van der Waals surface area contributed by atoms with Gasteiger partial charge < -0.3 is 14.6 Å². The maximum atomic E-state index is 6.10. The lowest BCUT2D eigenvalue weighted by molar-refractivity contribution is 0.245. The zero-order chi connectivity index (χ0) is 15.2. The summed E-state index contributed by atoms with van der Waals surface area (Å²) in [7, 11) is 0. The van der Waals surface area contributed by atoms with E-state index in [1.54, 1.807) is 0 Å². The highest BCUT2D eigenvalue weighted by molar-refractivity contribution is 6.30. The zero-order valence-corrected chi connectivity index (χ0v) is 13.4. The van der Waals surface area contributed by atoms with Crippen LogP contribution < -0.4 is 10.1 Å². The van der Waals surface area contributed by atoms with E-state index in [0.717, 1.165) is 30.0 Å². The average molecular weight is 309 g/mol. The normalized spacial score (nSPS) is 12.4. The first-order valence-corrected chi connectivity index (χ1v) is 7.55. The number of halogens is 1. The van der Waals surface area contributed by atoms with Crippen LogP contribution in [-0.4, -0.2) is 11.7 Å². The number of aryl methyl sites for hydroxylation is 1. The molecule has 1 atom stereocenters. The van der Waals surface area contributed by atoms with Crippen LogP contribution in [0.1, 0.15) is 43.3 Å². The van der Waals surface area contributed by atoms with Crippen molar-refractivity contribution in [2.45, 2.75) is 39.8 Å². The summed E-state index contributed by atoms with van der Waals surface area (Å²) < 4.78 is 11.0. The largest absolute Gasteiger partial charge is 0.485 e. The molecular formula is C16H21ClN2O2.